The van der Waals surface area contributed by atoms with Crippen molar-refractivity contribution in [3.8, 4) is 17.4 Å². The van der Waals surface area contributed by atoms with E-state index in [0.29, 0.717) is 17.4 Å². The Labute approximate surface area is 104 Å². The highest BCUT2D eigenvalue weighted by molar-refractivity contribution is 6.31. The van der Waals surface area contributed by atoms with Crippen LogP contribution in [0.1, 0.15) is 5.56 Å². The Morgan fingerprint density at radius 3 is 2.76 bits per heavy atom. The Bertz CT molecular complexity index is 532. The molecule has 5 heteroatoms. The van der Waals surface area contributed by atoms with Gasteiger partial charge in [-0.15, -0.1) is 0 Å². The van der Waals surface area contributed by atoms with E-state index >= 15 is 0 Å². The lowest BCUT2D eigenvalue weighted by Crippen LogP contribution is -1.95. The molecule has 0 amide bonds. The van der Waals surface area contributed by atoms with Crippen molar-refractivity contribution in [1.29, 1.82) is 0 Å². The van der Waals surface area contributed by atoms with Gasteiger partial charge in [-0.2, -0.15) is 4.98 Å². The third-order valence-corrected chi connectivity index (χ3v) is 2.41. The standard InChI is InChI=1S/C12H11ClN2O2/c1-8-4-3-5-9(6-8)17-12-10(16-2)11(13)14-7-15-12/h3-7H,1-2H3. The van der Waals surface area contributed by atoms with Gasteiger partial charge in [-0.05, 0) is 24.6 Å². The van der Waals surface area contributed by atoms with Gasteiger partial charge in [0.2, 0.25) is 5.75 Å². The summed E-state index contributed by atoms with van der Waals surface area (Å²) in [6.45, 7) is 1.98. The summed E-state index contributed by atoms with van der Waals surface area (Å²) in [5.74, 6) is 1.31. The van der Waals surface area contributed by atoms with Crippen LogP contribution in [0.4, 0.5) is 0 Å². The van der Waals surface area contributed by atoms with Gasteiger partial charge in [0, 0.05) is 0 Å². The number of benzene rings is 1. The van der Waals surface area contributed by atoms with E-state index in [1.165, 1.54) is 13.4 Å². The van der Waals surface area contributed by atoms with Crippen molar-refractivity contribution in [2.75, 3.05) is 7.11 Å². The molecule has 2 aromatic rings. The topological polar surface area (TPSA) is 44.2 Å². The summed E-state index contributed by atoms with van der Waals surface area (Å²) in [7, 11) is 1.49. The fourth-order valence-corrected chi connectivity index (χ4v) is 1.57. The van der Waals surface area contributed by atoms with Crippen LogP contribution >= 0.6 is 11.6 Å². The Hall–Kier alpha value is -1.81. The van der Waals surface area contributed by atoms with E-state index in [0.717, 1.165) is 5.56 Å². The molecular formula is C12H11ClN2O2. The van der Waals surface area contributed by atoms with E-state index in [9.17, 15) is 0 Å². The van der Waals surface area contributed by atoms with E-state index in [-0.39, 0.29) is 5.15 Å². The van der Waals surface area contributed by atoms with E-state index in [4.69, 9.17) is 21.1 Å². The van der Waals surface area contributed by atoms with Gasteiger partial charge >= 0.3 is 0 Å². The zero-order chi connectivity index (χ0) is 12.3. The molecule has 0 N–H and O–H groups in total. The maximum Gasteiger partial charge on any atom is 0.267 e. The summed E-state index contributed by atoms with van der Waals surface area (Å²) < 4.78 is 10.7. The molecule has 0 saturated carbocycles. The highest BCUT2D eigenvalue weighted by atomic mass is 35.5. The summed E-state index contributed by atoms with van der Waals surface area (Å²) in [6.07, 6.45) is 1.33. The lowest BCUT2D eigenvalue weighted by Gasteiger charge is -2.09. The van der Waals surface area contributed by atoms with Gasteiger partial charge < -0.3 is 9.47 Å². The van der Waals surface area contributed by atoms with Gasteiger partial charge in [-0.25, -0.2) is 4.98 Å². The fourth-order valence-electron chi connectivity index (χ4n) is 1.37. The fraction of sp³-hybridized carbons (Fsp3) is 0.167. The average molecular weight is 251 g/mol. The van der Waals surface area contributed by atoms with Crippen LogP contribution < -0.4 is 9.47 Å². The maximum absolute atomic E-state index is 5.87. The summed E-state index contributed by atoms with van der Waals surface area (Å²) in [5, 5.41) is 0.227. The van der Waals surface area contributed by atoms with E-state index < -0.39 is 0 Å². The normalized spacial score (nSPS) is 10.1. The average Bonchev–Trinajstić information content (AvgIpc) is 2.29. The Morgan fingerprint density at radius 2 is 2.06 bits per heavy atom. The third kappa shape index (κ3) is 2.65. The third-order valence-electron chi connectivity index (χ3n) is 2.14. The molecule has 0 aliphatic carbocycles. The molecule has 1 aromatic heterocycles. The van der Waals surface area contributed by atoms with Crippen LogP contribution in [0.25, 0.3) is 0 Å². The van der Waals surface area contributed by atoms with E-state index in [1.54, 1.807) is 0 Å². The second kappa shape index (κ2) is 5.01. The maximum atomic E-state index is 5.87. The molecule has 0 aliphatic rings. The smallest absolute Gasteiger partial charge is 0.267 e. The van der Waals surface area contributed by atoms with Crippen molar-refractivity contribution in [3.63, 3.8) is 0 Å². The highest BCUT2D eigenvalue weighted by Crippen LogP contribution is 2.33. The van der Waals surface area contributed by atoms with Crippen molar-refractivity contribution in [2.45, 2.75) is 6.92 Å². The second-order valence-corrected chi connectivity index (χ2v) is 3.78. The van der Waals surface area contributed by atoms with Crippen LogP contribution in [0.2, 0.25) is 5.15 Å². The predicted octanol–water partition coefficient (Wildman–Crippen LogP) is 3.24. The molecule has 0 fully saturated rings. The molecule has 0 radical (unpaired) electrons. The van der Waals surface area contributed by atoms with Crippen LogP contribution in [0.3, 0.4) is 0 Å². The van der Waals surface area contributed by atoms with Crippen LogP contribution in [-0.2, 0) is 0 Å². The van der Waals surface area contributed by atoms with Gasteiger partial charge in [-0.1, -0.05) is 23.7 Å². The molecule has 88 valence electrons. The number of hydrogen-bond donors (Lipinski definition) is 0. The van der Waals surface area contributed by atoms with Crippen molar-refractivity contribution < 1.29 is 9.47 Å². The largest absolute Gasteiger partial charge is 0.489 e. The Balaban J connectivity index is 2.33. The summed E-state index contributed by atoms with van der Waals surface area (Å²) >= 11 is 5.87. The number of hydrogen-bond acceptors (Lipinski definition) is 4. The van der Waals surface area contributed by atoms with Gasteiger partial charge in [0.1, 0.15) is 12.1 Å². The van der Waals surface area contributed by atoms with E-state index in [2.05, 4.69) is 9.97 Å². The number of aryl methyl sites for hydroxylation is 1. The summed E-state index contributed by atoms with van der Waals surface area (Å²) in [5.41, 5.74) is 1.10. The first kappa shape index (κ1) is 11.7. The van der Waals surface area contributed by atoms with E-state index in [1.807, 2.05) is 31.2 Å². The highest BCUT2D eigenvalue weighted by Gasteiger charge is 2.12. The quantitative estimate of drug-likeness (QED) is 0.785. The predicted molar refractivity (Wildman–Crippen MR) is 64.8 cm³/mol. The second-order valence-electron chi connectivity index (χ2n) is 3.42. The number of methoxy groups -OCH3 is 1. The van der Waals surface area contributed by atoms with Crippen LogP contribution in [-0.4, -0.2) is 17.1 Å². The molecule has 17 heavy (non-hydrogen) atoms. The summed E-state index contributed by atoms with van der Waals surface area (Å²) in [4.78, 5) is 7.81. The van der Waals surface area contributed by atoms with Gasteiger partial charge in [-0.3, -0.25) is 0 Å². The number of ether oxygens (including phenoxy) is 2. The molecular weight excluding hydrogens is 240 g/mol. The van der Waals surface area contributed by atoms with Crippen LogP contribution in [0.5, 0.6) is 17.4 Å². The lowest BCUT2D eigenvalue weighted by molar-refractivity contribution is 0.367. The number of aromatic nitrogens is 2. The van der Waals surface area contributed by atoms with Crippen molar-refractivity contribution in [3.05, 3.63) is 41.3 Å². The molecule has 2 rings (SSSR count). The lowest BCUT2D eigenvalue weighted by atomic mass is 10.2. The first-order chi connectivity index (χ1) is 8.20. The van der Waals surface area contributed by atoms with Crippen LogP contribution in [0.15, 0.2) is 30.6 Å². The minimum absolute atomic E-state index is 0.227. The minimum atomic E-state index is 0.227. The molecule has 0 atom stereocenters. The van der Waals surface area contributed by atoms with Crippen molar-refractivity contribution in [1.82, 2.24) is 9.97 Å². The van der Waals surface area contributed by atoms with Gasteiger partial charge in [0.15, 0.2) is 5.15 Å². The van der Waals surface area contributed by atoms with Crippen LogP contribution in [0, 0.1) is 6.92 Å². The molecule has 0 unspecified atom stereocenters. The molecule has 4 nitrogen and oxygen atoms in total. The van der Waals surface area contributed by atoms with Gasteiger partial charge in [0.25, 0.3) is 5.88 Å². The minimum Gasteiger partial charge on any atom is -0.489 e. The Kier molecular flexibility index (Phi) is 3.44. The molecule has 1 aromatic carbocycles. The zero-order valence-electron chi connectivity index (χ0n) is 9.48. The number of nitrogens with zero attached hydrogens (tertiary/aromatic N) is 2. The summed E-state index contributed by atoms with van der Waals surface area (Å²) in [6, 6.07) is 7.62. The molecule has 0 saturated heterocycles. The zero-order valence-corrected chi connectivity index (χ0v) is 10.2. The Morgan fingerprint density at radius 1 is 1.24 bits per heavy atom. The first-order valence-electron chi connectivity index (χ1n) is 4.99. The molecule has 0 aliphatic heterocycles. The molecule has 0 spiro atoms. The number of halogens is 1. The first-order valence-corrected chi connectivity index (χ1v) is 5.37. The SMILES string of the molecule is COc1c(Cl)ncnc1Oc1cccc(C)c1. The molecule has 1 heterocycles. The van der Waals surface area contributed by atoms with Gasteiger partial charge in [0.05, 0.1) is 7.11 Å². The molecule has 0 bridgehead atoms. The number of rotatable bonds is 3. The van der Waals surface area contributed by atoms with Crippen molar-refractivity contribution >= 4 is 11.6 Å². The van der Waals surface area contributed by atoms with Crippen molar-refractivity contribution in [2.24, 2.45) is 0 Å². The monoisotopic (exact) mass is 250 g/mol.